The van der Waals surface area contributed by atoms with Crippen LogP contribution in [0.4, 0.5) is 17.5 Å². The molecule has 2 aromatic heterocycles. The molecule has 160 valence electrons. The number of pyridine rings is 1. The van der Waals surface area contributed by atoms with E-state index in [9.17, 15) is 4.79 Å². The first-order chi connectivity index (χ1) is 15.1. The maximum absolute atomic E-state index is 12.5. The molecule has 0 radical (unpaired) electrons. The zero-order chi connectivity index (χ0) is 21.6. The average molecular weight is 419 g/mol. The van der Waals surface area contributed by atoms with Gasteiger partial charge in [-0.1, -0.05) is 18.2 Å². The third kappa shape index (κ3) is 5.28. The lowest BCUT2D eigenvalue weighted by Gasteiger charge is -2.35. The number of piperazine rings is 1. The van der Waals surface area contributed by atoms with Crippen molar-refractivity contribution in [3.63, 3.8) is 0 Å². The third-order valence-electron chi connectivity index (χ3n) is 5.22. The summed E-state index contributed by atoms with van der Waals surface area (Å²) in [5.41, 5.74) is 2.15. The molecular weight excluding hydrogens is 392 g/mol. The minimum atomic E-state index is -0.000750. The number of carbonyl (C=O) groups excluding carboxylic acids is 1. The Balaban J connectivity index is 1.27. The molecule has 31 heavy (non-hydrogen) atoms. The summed E-state index contributed by atoms with van der Waals surface area (Å²) in [6.45, 7) is 6.71. The molecule has 0 saturated carbocycles. The zero-order valence-electron chi connectivity index (χ0n) is 17.8. The van der Waals surface area contributed by atoms with Gasteiger partial charge in [-0.05, 0) is 55.3 Å². The largest absolute Gasteiger partial charge is 0.484 e. The topological polar surface area (TPSA) is 83.5 Å². The lowest BCUT2D eigenvalue weighted by molar-refractivity contribution is -0.133. The molecule has 0 aliphatic carbocycles. The van der Waals surface area contributed by atoms with Gasteiger partial charge in [0.15, 0.2) is 18.2 Å². The van der Waals surface area contributed by atoms with Gasteiger partial charge in [-0.15, -0.1) is 10.2 Å². The number of amides is 1. The predicted molar refractivity (Wildman–Crippen MR) is 120 cm³/mol. The second-order valence-corrected chi connectivity index (χ2v) is 7.54. The van der Waals surface area contributed by atoms with Gasteiger partial charge in [0.05, 0.1) is 0 Å². The maximum atomic E-state index is 12.5. The van der Waals surface area contributed by atoms with Gasteiger partial charge in [-0.3, -0.25) is 4.79 Å². The number of nitrogens with one attached hydrogen (secondary N) is 1. The summed E-state index contributed by atoms with van der Waals surface area (Å²) in [6, 6.07) is 15.4. The Bertz CT molecular complexity index is 1030. The third-order valence-corrected chi connectivity index (χ3v) is 5.22. The number of rotatable bonds is 6. The molecule has 1 amide bonds. The highest BCUT2D eigenvalue weighted by atomic mass is 16.5. The van der Waals surface area contributed by atoms with Gasteiger partial charge >= 0.3 is 0 Å². The summed E-state index contributed by atoms with van der Waals surface area (Å²) >= 11 is 0. The van der Waals surface area contributed by atoms with Gasteiger partial charge in [-0.25, -0.2) is 4.98 Å². The van der Waals surface area contributed by atoms with Crippen LogP contribution in [0.5, 0.6) is 5.75 Å². The fourth-order valence-corrected chi connectivity index (χ4v) is 3.43. The van der Waals surface area contributed by atoms with E-state index in [1.165, 1.54) is 0 Å². The van der Waals surface area contributed by atoms with Gasteiger partial charge in [-0.2, -0.15) is 0 Å². The number of nitrogens with zero attached hydrogens (tertiary/aromatic N) is 5. The van der Waals surface area contributed by atoms with Crippen molar-refractivity contribution in [2.24, 2.45) is 0 Å². The van der Waals surface area contributed by atoms with Crippen LogP contribution in [0, 0.1) is 13.8 Å². The Hall–Kier alpha value is -3.68. The summed E-state index contributed by atoms with van der Waals surface area (Å²) in [5, 5.41) is 11.8. The maximum Gasteiger partial charge on any atom is 0.260 e. The van der Waals surface area contributed by atoms with Crippen molar-refractivity contribution >= 4 is 23.4 Å². The van der Waals surface area contributed by atoms with Crippen LogP contribution >= 0.6 is 0 Å². The number of para-hydroxylation sites is 1. The number of carbonyl (C=O) groups is 1. The van der Waals surface area contributed by atoms with Gasteiger partial charge in [0, 0.05) is 32.4 Å². The molecule has 1 aliphatic heterocycles. The molecule has 0 unspecified atom stereocenters. The molecule has 1 fully saturated rings. The molecule has 1 N–H and O–H groups in total. The molecule has 1 aromatic carbocycles. The van der Waals surface area contributed by atoms with Crippen molar-refractivity contribution in [2.75, 3.05) is 43.0 Å². The van der Waals surface area contributed by atoms with Gasteiger partial charge in [0.1, 0.15) is 11.6 Å². The SMILES string of the molecule is Cc1ccnc(Nc2ccc(N3CCN(C(=O)COc4ccccc4C)CC3)nn2)c1. The Morgan fingerprint density at radius 2 is 1.81 bits per heavy atom. The van der Waals surface area contributed by atoms with E-state index < -0.39 is 0 Å². The standard InChI is InChI=1S/C23H26N6O2/c1-17-9-10-24-21(15-17)25-20-7-8-22(27-26-20)28-11-13-29(14-12-28)23(30)16-31-19-6-4-3-5-18(19)2/h3-10,15H,11-14,16H2,1-2H3,(H,24,25,26). The fraction of sp³-hybridized carbons (Fsp3) is 0.304. The van der Waals surface area contributed by atoms with Crippen molar-refractivity contribution in [2.45, 2.75) is 13.8 Å². The normalized spacial score (nSPS) is 13.7. The van der Waals surface area contributed by atoms with E-state index >= 15 is 0 Å². The number of anilines is 3. The molecule has 3 heterocycles. The van der Waals surface area contributed by atoms with Gasteiger partial charge in [0.2, 0.25) is 0 Å². The zero-order valence-corrected chi connectivity index (χ0v) is 17.8. The lowest BCUT2D eigenvalue weighted by atomic mass is 10.2. The molecule has 8 nitrogen and oxygen atoms in total. The van der Waals surface area contributed by atoms with Crippen molar-refractivity contribution < 1.29 is 9.53 Å². The highest BCUT2D eigenvalue weighted by Crippen LogP contribution is 2.18. The number of aromatic nitrogens is 3. The van der Waals surface area contributed by atoms with Crippen LogP contribution in [0.1, 0.15) is 11.1 Å². The smallest absolute Gasteiger partial charge is 0.260 e. The Labute approximate surface area is 181 Å². The van der Waals surface area contributed by atoms with E-state index in [1.807, 2.05) is 67.3 Å². The fourth-order valence-electron chi connectivity index (χ4n) is 3.43. The minimum Gasteiger partial charge on any atom is -0.484 e. The number of hydrogen-bond acceptors (Lipinski definition) is 7. The van der Waals surface area contributed by atoms with Gasteiger partial charge in [0.25, 0.3) is 5.91 Å². The highest BCUT2D eigenvalue weighted by molar-refractivity contribution is 5.78. The predicted octanol–water partition coefficient (Wildman–Crippen LogP) is 2.96. The van der Waals surface area contributed by atoms with Crippen molar-refractivity contribution in [3.8, 4) is 5.75 Å². The van der Waals surface area contributed by atoms with Crippen LogP contribution in [0.15, 0.2) is 54.7 Å². The first-order valence-electron chi connectivity index (χ1n) is 10.3. The second-order valence-electron chi connectivity index (χ2n) is 7.54. The summed E-state index contributed by atoms with van der Waals surface area (Å²) in [7, 11) is 0. The summed E-state index contributed by atoms with van der Waals surface area (Å²) in [5.74, 6) is 2.93. The number of aryl methyl sites for hydroxylation is 2. The van der Waals surface area contributed by atoms with Crippen molar-refractivity contribution in [1.82, 2.24) is 20.1 Å². The lowest BCUT2D eigenvalue weighted by Crippen LogP contribution is -2.50. The Kier molecular flexibility index (Phi) is 6.26. The minimum absolute atomic E-state index is 0.000750. The number of hydrogen-bond donors (Lipinski definition) is 1. The summed E-state index contributed by atoms with van der Waals surface area (Å²) in [6.07, 6.45) is 1.76. The molecule has 3 aromatic rings. The van der Waals surface area contributed by atoms with Crippen LogP contribution < -0.4 is 15.0 Å². The number of benzene rings is 1. The molecule has 0 spiro atoms. The van der Waals surface area contributed by atoms with E-state index in [4.69, 9.17) is 4.74 Å². The van der Waals surface area contributed by atoms with Crippen LogP contribution in [-0.4, -0.2) is 58.8 Å². The first kappa shape index (κ1) is 20.6. The molecule has 8 heteroatoms. The molecular formula is C23H26N6O2. The summed E-state index contributed by atoms with van der Waals surface area (Å²) in [4.78, 5) is 20.7. The molecule has 1 aliphatic rings. The summed E-state index contributed by atoms with van der Waals surface area (Å²) < 4.78 is 5.69. The second kappa shape index (κ2) is 9.42. The van der Waals surface area contributed by atoms with Crippen LogP contribution in [-0.2, 0) is 4.79 Å². The van der Waals surface area contributed by atoms with E-state index in [2.05, 4.69) is 25.4 Å². The van der Waals surface area contributed by atoms with E-state index in [0.29, 0.717) is 32.0 Å². The molecule has 1 saturated heterocycles. The monoisotopic (exact) mass is 418 g/mol. The van der Waals surface area contributed by atoms with Gasteiger partial charge < -0.3 is 19.9 Å². The van der Waals surface area contributed by atoms with Crippen molar-refractivity contribution in [1.29, 1.82) is 0 Å². The van der Waals surface area contributed by atoms with E-state index in [1.54, 1.807) is 6.20 Å². The highest BCUT2D eigenvalue weighted by Gasteiger charge is 2.22. The van der Waals surface area contributed by atoms with E-state index in [0.717, 1.165) is 28.5 Å². The quantitative estimate of drug-likeness (QED) is 0.659. The van der Waals surface area contributed by atoms with Crippen LogP contribution in [0.3, 0.4) is 0 Å². The Morgan fingerprint density at radius 3 is 2.52 bits per heavy atom. The number of ether oxygens (including phenoxy) is 1. The molecule has 0 bridgehead atoms. The molecule has 4 rings (SSSR count). The van der Waals surface area contributed by atoms with Crippen LogP contribution in [0.2, 0.25) is 0 Å². The Morgan fingerprint density at radius 1 is 1.00 bits per heavy atom. The van der Waals surface area contributed by atoms with E-state index in [-0.39, 0.29) is 12.5 Å². The van der Waals surface area contributed by atoms with Crippen LogP contribution in [0.25, 0.3) is 0 Å². The molecule has 0 atom stereocenters. The average Bonchev–Trinajstić information content (AvgIpc) is 2.79. The van der Waals surface area contributed by atoms with Crippen molar-refractivity contribution in [3.05, 3.63) is 65.9 Å². The first-order valence-corrected chi connectivity index (χ1v) is 10.3.